The van der Waals surface area contributed by atoms with Gasteiger partial charge in [-0.05, 0) is 92.7 Å². The number of aliphatic hydroxyl groups is 4. The number of aliphatic hydroxyl groups excluding tert-OH is 4. The average Bonchev–Trinajstić information content (AvgIpc) is 0.742. The molecule has 0 heterocycles. The minimum atomic E-state index is -3.22. The Morgan fingerprint density at radius 1 is 0.663 bits per heavy atom. The molecule has 0 spiro atoms. The number of nitrogens with two attached hydrogens (primary N) is 6. The van der Waals surface area contributed by atoms with E-state index in [1.807, 2.05) is 5.32 Å². The van der Waals surface area contributed by atoms with E-state index in [1.54, 1.807) is 34.6 Å². The highest BCUT2D eigenvalue weighted by atomic mass is 16.4. The summed E-state index contributed by atoms with van der Waals surface area (Å²) in [4.78, 5) is 184. The summed E-state index contributed by atoms with van der Waals surface area (Å²) in [6.45, 7) is 13.4. The fourth-order valence-electron chi connectivity index (χ4n) is 10.1. The number of carbonyl (C=O) groups is 13. The molecule has 35 heteroatoms. The summed E-state index contributed by atoms with van der Waals surface area (Å²) in [5, 5.41) is 87.5. The number of Topliss-reactive ketones (excluding diaryl/α,β-unsaturated/α-hetero) is 1. The minimum Gasteiger partial charge on any atom is -0.508 e. The van der Waals surface area contributed by atoms with Gasteiger partial charge in [0.1, 0.15) is 42.0 Å². The molecule has 0 aromatic heterocycles. The van der Waals surface area contributed by atoms with E-state index in [2.05, 4.69) is 31.9 Å². The molecule has 1 rings (SSSR count). The number of phenolic OH excluding ortho intramolecular Hbond substituents is 1. The average molecular weight is 1350 g/mol. The molecule has 14 atom stereocenters. The van der Waals surface area contributed by atoms with Gasteiger partial charge in [-0.1, -0.05) is 87.8 Å². The van der Waals surface area contributed by atoms with Crippen LogP contribution >= 0.6 is 0 Å². The zero-order chi connectivity index (χ0) is 73.3. The van der Waals surface area contributed by atoms with Gasteiger partial charge in [-0.25, -0.2) is 4.79 Å². The number of hydrogen-bond donors (Lipinski definition) is 20. The summed E-state index contributed by atoms with van der Waals surface area (Å²) in [6, 6.07) is -12.0. The molecule has 1 aromatic rings. The van der Waals surface area contributed by atoms with Crippen molar-refractivity contribution in [3.05, 3.63) is 29.8 Å². The number of carboxylic acids is 1. The molecule has 0 saturated carbocycles. The largest absolute Gasteiger partial charge is 0.508 e. The van der Waals surface area contributed by atoms with E-state index >= 15 is 24.0 Å². The molecule has 0 aliphatic carbocycles. The predicted molar refractivity (Wildman–Crippen MR) is 342 cm³/mol. The first-order valence-corrected chi connectivity index (χ1v) is 31.1. The van der Waals surface area contributed by atoms with Crippen LogP contribution in [0.2, 0.25) is 0 Å². The number of carbonyl (C=O) groups excluding carboxylic acids is 12. The third-order valence-corrected chi connectivity index (χ3v) is 15.3. The number of aromatic hydroxyl groups is 1. The molecule has 0 fully saturated rings. The van der Waals surface area contributed by atoms with Crippen molar-refractivity contribution >= 4 is 82.7 Å². The first-order chi connectivity index (χ1) is 44.0. The summed E-state index contributed by atoms with van der Waals surface area (Å²) in [5.41, 5.74) is 32.0. The lowest BCUT2D eigenvalue weighted by Crippen LogP contribution is -2.75. The number of aliphatic carboxylic acids is 1. The second-order valence-electron chi connectivity index (χ2n) is 25.1. The smallest absolute Gasteiger partial charge is 0.329 e. The molecule has 95 heavy (non-hydrogen) atoms. The number of ketones is 1. The van der Waals surface area contributed by atoms with Crippen LogP contribution in [0.15, 0.2) is 24.3 Å². The number of amides is 11. The highest BCUT2D eigenvalue weighted by Gasteiger charge is 2.59. The van der Waals surface area contributed by atoms with Crippen LogP contribution in [0.5, 0.6) is 5.75 Å². The van der Waals surface area contributed by atoms with E-state index in [9.17, 15) is 69.0 Å². The fraction of sp³-hybridized carbons (Fsp3) is 0.667. The number of imide groups is 2. The van der Waals surface area contributed by atoms with Crippen molar-refractivity contribution < 1.29 is 93.0 Å². The first-order valence-electron chi connectivity index (χ1n) is 31.1. The maximum atomic E-state index is 16.3. The fourth-order valence-corrected chi connectivity index (χ4v) is 10.1. The number of guanidine groups is 1. The van der Waals surface area contributed by atoms with Crippen molar-refractivity contribution in [1.29, 1.82) is 5.41 Å². The summed E-state index contributed by atoms with van der Waals surface area (Å²) in [6.07, 6.45) is -8.19. The Kier molecular flexibility index (Phi) is 35.2. The lowest BCUT2D eigenvalue weighted by Gasteiger charge is -2.45. The maximum Gasteiger partial charge on any atom is 0.329 e. The van der Waals surface area contributed by atoms with Crippen LogP contribution in [0, 0.1) is 35.0 Å². The normalized spacial score (nSPS) is 16.3. The number of rotatable bonds is 42. The molecule has 0 aliphatic heterocycles. The number of nitrogens with one attached hydrogen (secondary N) is 8. The number of carboxylic acid groups (broad SMARTS) is 1. The van der Waals surface area contributed by atoms with Gasteiger partial charge < -0.3 is 96.9 Å². The second kappa shape index (κ2) is 39.5. The molecular weight excluding hydrogens is 1250 g/mol. The van der Waals surface area contributed by atoms with E-state index in [-0.39, 0.29) is 59.3 Å². The summed E-state index contributed by atoms with van der Waals surface area (Å²) in [7, 11) is 0. The molecule has 0 saturated heterocycles. The molecule has 26 N–H and O–H groups in total. The molecule has 0 radical (unpaired) electrons. The SMILES string of the molecule is CCC(C)[C@H](NC(=O)[C@@H](CCCNC(=N)N)NC(=O)[C@@](CC(C)C)(C(=O)[C@@H](N)Cc1cccc(O)c1)N(C(=O)[C@H](CC(C)C)NC(=O)[C@@H](CC(C)C)NCC(N)=O)C(=O)[C@@H](N)[C@H](O)C(C)C)C(=O)N[C@H](C(=O)NCC(=O)N(C(=O)[C@@H](N)[C@H](O)C(N)=O)[C@@H](CO)C(=O)O)[C@H](C)O. The Bertz CT molecular complexity index is 2860. The number of phenols is 1. The third-order valence-electron chi connectivity index (χ3n) is 15.3. The standard InChI is InChI=1S/C60H102N16O19/c1-12-31(10)44(53(89)74-45(32(11)78)52(88)70-25-41(81)75(39(26-77)57(93)94)55(91)43(64)47(83)49(65)85)73-50(86)36(17-14-18-68-59(66)67)72-58(95)60(23-29(6)7,48(84)35(61)22-33-15-13-16-34(79)21-33)76(56(92)42(63)46(82)30(8)9)54(90)38(20-28(4)5)71-51(87)37(19-27(2)3)69-24-40(62)80/h13,15-16,21,27-32,35-39,42-47,69,77-79,82-83H,12,14,17-20,22-26,61,63-64H2,1-11H3,(H2,62,80)(H2,65,85)(H,70,88)(H,71,87)(H,72,95)(H,73,86)(H,74,89)(H,93,94)(H4,66,67,68)/t31?,32-,35-,36+,37+,38-,39-,42-,43-,44-,45-,46+,47-,60+/m0/s1. The summed E-state index contributed by atoms with van der Waals surface area (Å²) < 4.78 is 0. The van der Waals surface area contributed by atoms with Crippen LogP contribution in [-0.2, 0) is 68.7 Å². The molecule has 1 aromatic carbocycles. The number of hydrogen-bond acceptors (Lipinski definition) is 23. The third kappa shape index (κ3) is 25.4. The van der Waals surface area contributed by atoms with Gasteiger partial charge in [-0.15, -0.1) is 0 Å². The number of primary amides is 2. The number of nitrogens with zero attached hydrogens (tertiary/aromatic N) is 2. The summed E-state index contributed by atoms with van der Waals surface area (Å²) in [5.74, 6) is -22.4. The molecule has 1 unspecified atom stereocenters. The highest BCUT2D eigenvalue weighted by molar-refractivity contribution is 6.20. The van der Waals surface area contributed by atoms with Crippen molar-refractivity contribution in [2.75, 3.05) is 26.2 Å². The van der Waals surface area contributed by atoms with E-state index in [0.717, 1.165) is 6.92 Å². The van der Waals surface area contributed by atoms with Crippen LogP contribution < -0.4 is 71.6 Å². The lowest BCUT2D eigenvalue weighted by molar-refractivity contribution is -0.169. The molecule has 0 bridgehead atoms. The van der Waals surface area contributed by atoms with Gasteiger partial charge in [0, 0.05) is 6.54 Å². The molecule has 11 amide bonds. The van der Waals surface area contributed by atoms with Gasteiger partial charge in [-0.3, -0.25) is 78.1 Å². The minimum absolute atomic E-state index is 0.0710. The quantitative estimate of drug-likeness (QED) is 0.0125. The maximum absolute atomic E-state index is 16.3. The van der Waals surface area contributed by atoms with Crippen LogP contribution in [-0.4, -0.2) is 228 Å². The predicted octanol–water partition coefficient (Wildman–Crippen LogP) is -6.43. The van der Waals surface area contributed by atoms with Crippen LogP contribution in [0.3, 0.4) is 0 Å². The van der Waals surface area contributed by atoms with Gasteiger partial charge in [0.15, 0.2) is 29.4 Å². The Hall–Kier alpha value is -8.32. The van der Waals surface area contributed by atoms with Gasteiger partial charge in [0.05, 0.1) is 44.0 Å². The lowest BCUT2D eigenvalue weighted by atomic mass is 9.77. The van der Waals surface area contributed by atoms with Crippen LogP contribution in [0.25, 0.3) is 0 Å². The Balaban J connectivity index is 4.47. The monoisotopic (exact) mass is 1350 g/mol. The Labute approximate surface area is 551 Å². The van der Waals surface area contributed by atoms with Gasteiger partial charge in [-0.2, -0.15) is 0 Å². The highest BCUT2D eigenvalue weighted by Crippen LogP contribution is 2.33. The Morgan fingerprint density at radius 2 is 1.23 bits per heavy atom. The topological polar surface area (TPSA) is 614 Å². The summed E-state index contributed by atoms with van der Waals surface area (Å²) >= 11 is 0. The second-order valence-corrected chi connectivity index (χ2v) is 25.1. The van der Waals surface area contributed by atoms with E-state index in [1.165, 1.54) is 58.9 Å². The van der Waals surface area contributed by atoms with Gasteiger partial charge in [0.2, 0.25) is 53.2 Å². The first kappa shape index (κ1) is 84.7. The van der Waals surface area contributed by atoms with Crippen molar-refractivity contribution in [2.45, 2.75) is 199 Å². The van der Waals surface area contributed by atoms with E-state index in [0.29, 0.717) is 0 Å². The molecule has 536 valence electrons. The van der Waals surface area contributed by atoms with Crippen molar-refractivity contribution in [3.8, 4) is 5.75 Å². The molecule has 35 nitrogen and oxygen atoms in total. The van der Waals surface area contributed by atoms with Gasteiger partial charge in [0.25, 0.3) is 11.8 Å². The van der Waals surface area contributed by atoms with Crippen LogP contribution in [0.1, 0.15) is 120 Å². The molecule has 0 aliphatic rings. The van der Waals surface area contributed by atoms with Crippen LogP contribution in [0.4, 0.5) is 0 Å². The van der Waals surface area contributed by atoms with E-state index < -0.39 is 224 Å². The van der Waals surface area contributed by atoms with Gasteiger partial charge >= 0.3 is 5.97 Å². The Morgan fingerprint density at radius 3 is 1.72 bits per heavy atom. The van der Waals surface area contributed by atoms with Crippen molar-refractivity contribution in [2.24, 2.45) is 64.0 Å². The zero-order valence-corrected chi connectivity index (χ0v) is 55.8. The van der Waals surface area contributed by atoms with Crippen molar-refractivity contribution in [3.63, 3.8) is 0 Å². The van der Waals surface area contributed by atoms with E-state index in [4.69, 9.17) is 39.8 Å². The van der Waals surface area contributed by atoms with Crippen molar-refractivity contribution in [1.82, 2.24) is 47.0 Å². The zero-order valence-electron chi connectivity index (χ0n) is 55.8. The molecular formula is C60H102N16O19. The number of benzene rings is 1.